The predicted molar refractivity (Wildman–Crippen MR) is 92.0 cm³/mol. The molecule has 3 atom stereocenters. The summed E-state index contributed by atoms with van der Waals surface area (Å²) in [5, 5.41) is 11.1. The van der Waals surface area contributed by atoms with E-state index in [4.69, 9.17) is 4.74 Å². The van der Waals surface area contributed by atoms with E-state index in [1.807, 2.05) is 11.8 Å². The third-order valence-electron chi connectivity index (χ3n) is 5.59. The molecule has 2 aliphatic rings. The van der Waals surface area contributed by atoms with Crippen LogP contribution in [0.4, 0.5) is 4.39 Å². The van der Waals surface area contributed by atoms with Gasteiger partial charge in [0.25, 0.3) is 5.91 Å². The SMILES string of the molecule is Cc1cc(F)cc2[nH]c(C(=O)N3CCOC[C@@H]3[C@H]3CCC[C@@H]3O)cc12. The lowest BCUT2D eigenvalue weighted by atomic mass is 9.94. The number of aliphatic hydroxyl groups is 1. The highest BCUT2D eigenvalue weighted by molar-refractivity contribution is 5.99. The van der Waals surface area contributed by atoms with E-state index in [0.717, 1.165) is 30.2 Å². The summed E-state index contributed by atoms with van der Waals surface area (Å²) in [5.41, 5.74) is 1.89. The second kappa shape index (κ2) is 6.42. The fraction of sp³-hybridized carbons (Fsp3) is 0.526. The van der Waals surface area contributed by atoms with Gasteiger partial charge < -0.3 is 19.7 Å². The van der Waals surface area contributed by atoms with Crippen molar-refractivity contribution < 1.29 is 19.0 Å². The number of aromatic amines is 1. The molecule has 1 saturated carbocycles. The average Bonchev–Trinajstić information content (AvgIpc) is 3.20. The number of aromatic nitrogens is 1. The fourth-order valence-electron chi connectivity index (χ4n) is 4.29. The first-order valence-electron chi connectivity index (χ1n) is 8.90. The lowest BCUT2D eigenvalue weighted by Crippen LogP contribution is -2.53. The molecule has 2 aromatic rings. The number of carbonyl (C=O) groups excluding carboxylic acids is 1. The van der Waals surface area contributed by atoms with Gasteiger partial charge >= 0.3 is 0 Å². The molecule has 1 aromatic heterocycles. The Hall–Kier alpha value is -1.92. The molecule has 25 heavy (non-hydrogen) atoms. The molecule has 1 aromatic carbocycles. The molecular formula is C19H23FN2O3. The topological polar surface area (TPSA) is 65.6 Å². The van der Waals surface area contributed by atoms with Crippen LogP contribution >= 0.6 is 0 Å². The van der Waals surface area contributed by atoms with Crippen LogP contribution in [0.2, 0.25) is 0 Å². The first-order valence-corrected chi connectivity index (χ1v) is 8.90. The zero-order valence-corrected chi connectivity index (χ0v) is 14.3. The van der Waals surface area contributed by atoms with Crippen molar-refractivity contribution in [2.45, 2.75) is 38.3 Å². The van der Waals surface area contributed by atoms with E-state index in [0.29, 0.717) is 31.0 Å². The molecule has 0 spiro atoms. The minimum Gasteiger partial charge on any atom is -0.393 e. The van der Waals surface area contributed by atoms with Gasteiger partial charge in [-0.25, -0.2) is 4.39 Å². The number of nitrogens with one attached hydrogen (secondary N) is 1. The van der Waals surface area contributed by atoms with Crippen molar-refractivity contribution in [3.8, 4) is 0 Å². The summed E-state index contributed by atoms with van der Waals surface area (Å²) in [6, 6.07) is 4.57. The van der Waals surface area contributed by atoms with Gasteiger partial charge in [0.1, 0.15) is 11.5 Å². The molecule has 5 nitrogen and oxygen atoms in total. The molecule has 4 rings (SSSR count). The summed E-state index contributed by atoms with van der Waals surface area (Å²) in [6.07, 6.45) is 2.31. The van der Waals surface area contributed by atoms with Gasteiger partial charge in [-0.05, 0) is 43.5 Å². The first-order chi connectivity index (χ1) is 12.0. The third-order valence-corrected chi connectivity index (χ3v) is 5.59. The van der Waals surface area contributed by atoms with Gasteiger partial charge in [-0.1, -0.05) is 6.42 Å². The minimum absolute atomic E-state index is 0.0628. The number of hydrogen-bond donors (Lipinski definition) is 2. The molecule has 1 amide bonds. The van der Waals surface area contributed by atoms with E-state index in [1.165, 1.54) is 12.1 Å². The van der Waals surface area contributed by atoms with Crippen molar-refractivity contribution in [2.24, 2.45) is 5.92 Å². The maximum Gasteiger partial charge on any atom is 0.270 e. The Morgan fingerprint density at radius 2 is 2.20 bits per heavy atom. The van der Waals surface area contributed by atoms with Gasteiger partial charge in [0.2, 0.25) is 0 Å². The number of aliphatic hydroxyl groups excluding tert-OH is 1. The highest BCUT2D eigenvalue weighted by atomic mass is 19.1. The van der Waals surface area contributed by atoms with Crippen LogP contribution in [-0.2, 0) is 4.74 Å². The lowest BCUT2D eigenvalue weighted by Gasteiger charge is -2.39. The lowest BCUT2D eigenvalue weighted by molar-refractivity contribution is -0.0385. The third kappa shape index (κ3) is 2.93. The zero-order valence-electron chi connectivity index (χ0n) is 14.3. The molecule has 0 radical (unpaired) electrons. The van der Waals surface area contributed by atoms with Crippen LogP contribution in [-0.4, -0.2) is 52.8 Å². The van der Waals surface area contributed by atoms with Crippen molar-refractivity contribution in [3.63, 3.8) is 0 Å². The zero-order chi connectivity index (χ0) is 17.6. The maximum atomic E-state index is 13.6. The van der Waals surface area contributed by atoms with Crippen LogP contribution in [0.25, 0.3) is 10.9 Å². The van der Waals surface area contributed by atoms with Crippen LogP contribution in [0, 0.1) is 18.7 Å². The van der Waals surface area contributed by atoms with Crippen LogP contribution < -0.4 is 0 Å². The Morgan fingerprint density at radius 3 is 2.96 bits per heavy atom. The molecule has 1 aliphatic heterocycles. The second-order valence-electron chi connectivity index (χ2n) is 7.17. The molecule has 0 bridgehead atoms. The number of hydrogen-bond acceptors (Lipinski definition) is 3. The molecule has 1 aliphatic carbocycles. The Kier molecular flexibility index (Phi) is 4.25. The predicted octanol–water partition coefficient (Wildman–Crippen LogP) is 2.62. The van der Waals surface area contributed by atoms with E-state index in [-0.39, 0.29) is 29.8 Å². The van der Waals surface area contributed by atoms with Gasteiger partial charge in [0.05, 0.1) is 25.4 Å². The number of aryl methyl sites for hydroxylation is 1. The summed E-state index contributed by atoms with van der Waals surface area (Å²) in [7, 11) is 0. The highest BCUT2D eigenvalue weighted by Gasteiger charge is 2.40. The Balaban J connectivity index is 1.65. The number of nitrogens with zero attached hydrogens (tertiary/aromatic N) is 1. The number of fused-ring (bicyclic) bond motifs is 1. The van der Waals surface area contributed by atoms with E-state index in [9.17, 15) is 14.3 Å². The first kappa shape index (κ1) is 16.5. The Morgan fingerprint density at radius 1 is 1.36 bits per heavy atom. The molecular weight excluding hydrogens is 323 g/mol. The number of ether oxygens (including phenoxy) is 1. The van der Waals surface area contributed by atoms with Gasteiger partial charge in [-0.15, -0.1) is 0 Å². The van der Waals surface area contributed by atoms with Gasteiger partial charge in [-0.2, -0.15) is 0 Å². The summed E-state index contributed by atoms with van der Waals surface area (Å²) < 4.78 is 19.2. The molecule has 2 heterocycles. The highest BCUT2D eigenvalue weighted by Crippen LogP contribution is 2.33. The Labute approximate surface area is 145 Å². The largest absolute Gasteiger partial charge is 0.393 e. The monoisotopic (exact) mass is 346 g/mol. The quantitative estimate of drug-likeness (QED) is 0.878. The molecule has 0 unspecified atom stereocenters. The van der Waals surface area contributed by atoms with Crippen LogP contribution in [0.5, 0.6) is 0 Å². The molecule has 2 fully saturated rings. The van der Waals surface area contributed by atoms with Gasteiger partial charge in [0, 0.05) is 23.4 Å². The van der Waals surface area contributed by atoms with Crippen molar-refractivity contribution in [1.29, 1.82) is 0 Å². The standard InChI is InChI=1S/C19H23FN2O3/c1-11-7-12(20)8-15-14(11)9-16(21-15)19(24)22-5-6-25-10-17(22)13-3-2-4-18(13)23/h7-9,13,17-18,21,23H,2-6,10H2,1H3/t13-,17-,18+/m1/s1. The van der Waals surface area contributed by atoms with Gasteiger partial charge in [-0.3, -0.25) is 4.79 Å². The number of halogens is 1. The fourth-order valence-corrected chi connectivity index (χ4v) is 4.29. The van der Waals surface area contributed by atoms with Crippen LogP contribution in [0.3, 0.4) is 0 Å². The molecule has 1 saturated heterocycles. The van der Waals surface area contributed by atoms with Crippen molar-refractivity contribution in [1.82, 2.24) is 9.88 Å². The van der Waals surface area contributed by atoms with Crippen LogP contribution in [0.1, 0.15) is 35.3 Å². The second-order valence-corrected chi connectivity index (χ2v) is 7.17. The van der Waals surface area contributed by atoms with Crippen molar-refractivity contribution in [3.05, 3.63) is 35.3 Å². The van der Waals surface area contributed by atoms with Crippen LogP contribution in [0.15, 0.2) is 18.2 Å². The normalized spacial score (nSPS) is 27.2. The Bertz CT molecular complexity index is 803. The minimum atomic E-state index is -0.374. The molecule has 6 heteroatoms. The van der Waals surface area contributed by atoms with E-state index >= 15 is 0 Å². The smallest absolute Gasteiger partial charge is 0.270 e. The van der Waals surface area contributed by atoms with E-state index in [2.05, 4.69) is 4.98 Å². The molecule has 134 valence electrons. The van der Waals surface area contributed by atoms with Crippen molar-refractivity contribution in [2.75, 3.05) is 19.8 Å². The van der Waals surface area contributed by atoms with E-state index < -0.39 is 0 Å². The van der Waals surface area contributed by atoms with E-state index in [1.54, 1.807) is 6.07 Å². The number of carbonyl (C=O) groups is 1. The number of rotatable bonds is 2. The number of amides is 1. The summed E-state index contributed by atoms with van der Waals surface area (Å²) in [6.45, 7) is 3.30. The summed E-state index contributed by atoms with van der Waals surface area (Å²) >= 11 is 0. The van der Waals surface area contributed by atoms with Crippen molar-refractivity contribution >= 4 is 16.8 Å². The average molecular weight is 346 g/mol. The number of benzene rings is 1. The van der Waals surface area contributed by atoms with Gasteiger partial charge in [0.15, 0.2) is 0 Å². The number of H-pyrrole nitrogens is 1. The summed E-state index contributed by atoms with van der Waals surface area (Å²) in [4.78, 5) is 18.0. The number of morpholine rings is 1. The molecule has 2 N–H and O–H groups in total. The summed E-state index contributed by atoms with van der Waals surface area (Å²) in [5.74, 6) is -0.361. The maximum absolute atomic E-state index is 13.6.